The Kier molecular flexibility index (Phi) is 3.86. The Hall–Kier alpha value is -2.20. The van der Waals surface area contributed by atoms with Crippen molar-refractivity contribution >= 4 is 5.97 Å². The molecule has 1 unspecified atom stereocenters. The summed E-state index contributed by atoms with van der Waals surface area (Å²) in [7, 11) is 0. The van der Waals surface area contributed by atoms with Gasteiger partial charge in [-0.25, -0.2) is 9.18 Å². The van der Waals surface area contributed by atoms with Gasteiger partial charge in [0.2, 0.25) is 0 Å². The maximum absolute atomic E-state index is 13.3. The Labute approximate surface area is 116 Å². The third-order valence-electron chi connectivity index (χ3n) is 3.32. The van der Waals surface area contributed by atoms with Crippen molar-refractivity contribution in [3.63, 3.8) is 0 Å². The van der Waals surface area contributed by atoms with Crippen LogP contribution in [-0.2, 0) is 0 Å². The lowest BCUT2D eigenvalue weighted by molar-refractivity contribution is 0.0691. The van der Waals surface area contributed by atoms with Gasteiger partial charge in [-0.05, 0) is 54.3 Å². The molecule has 4 heteroatoms. The molecular formula is C16H15FO3. The Bertz CT molecular complexity index is 642. The third kappa shape index (κ3) is 2.56. The van der Waals surface area contributed by atoms with Crippen molar-refractivity contribution in [3.05, 3.63) is 70.0 Å². The van der Waals surface area contributed by atoms with Crippen molar-refractivity contribution < 1.29 is 19.4 Å². The number of aliphatic hydroxyl groups is 1. The molecule has 0 radical (unpaired) electrons. The zero-order valence-corrected chi connectivity index (χ0v) is 11.2. The number of halogens is 1. The Morgan fingerprint density at radius 3 is 2.25 bits per heavy atom. The average Bonchev–Trinajstić information content (AvgIpc) is 2.37. The van der Waals surface area contributed by atoms with E-state index in [1.165, 1.54) is 18.2 Å². The van der Waals surface area contributed by atoms with Crippen LogP contribution in [0.4, 0.5) is 4.39 Å². The smallest absolute Gasteiger partial charge is 0.336 e. The first kappa shape index (κ1) is 14.2. The number of aryl methyl sites for hydroxylation is 2. The molecule has 2 rings (SSSR count). The van der Waals surface area contributed by atoms with E-state index in [0.717, 1.165) is 0 Å². The number of carboxylic acids is 1. The van der Waals surface area contributed by atoms with Crippen LogP contribution in [-0.4, -0.2) is 16.2 Å². The topological polar surface area (TPSA) is 57.5 Å². The van der Waals surface area contributed by atoms with Crippen LogP contribution in [0.2, 0.25) is 0 Å². The van der Waals surface area contributed by atoms with Crippen molar-refractivity contribution in [3.8, 4) is 0 Å². The molecule has 0 aromatic heterocycles. The maximum atomic E-state index is 13.3. The number of hydrogen-bond acceptors (Lipinski definition) is 2. The van der Waals surface area contributed by atoms with E-state index in [2.05, 4.69) is 0 Å². The largest absolute Gasteiger partial charge is 0.478 e. The van der Waals surface area contributed by atoms with Crippen LogP contribution in [0.5, 0.6) is 0 Å². The molecule has 0 fully saturated rings. The standard InChI is InChI=1S/C16H15FO3/c1-9-7-11(17)8-10(2)14(9)15(18)12-5-3-4-6-13(12)16(19)20/h3-8,15,18H,1-2H3,(H,19,20). The van der Waals surface area contributed by atoms with E-state index in [9.17, 15) is 19.4 Å². The first-order chi connectivity index (χ1) is 9.41. The molecule has 0 spiro atoms. The number of carboxylic acid groups (broad SMARTS) is 1. The summed E-state index contributed by atoms with van der Waals surface area (Å²) in [5.74, 6) is -1.47. The molecule has 2 N–H and O–H groups in total. The summed E-state index contributed by atoms with van der Waals surface area (Å²) in [4.78, 5) is 11.2. The van der Waals surface area contributed by atoms with Gasteiger partial charge in [0.05, 0.1) is 5.56 Å². The van der Waals surface area contributed by atoms with E-state index in [-0.39, 0.29) is 11.4 Å². The molecule has 104 valence electrons. The summed E-state index contributed by atoms with van der Waals surface area (Å²) < 4.78 is 13.3. The molecule has 1 atom stereocenters. The number of rotatable bonds is 3. The fraction of sp³-hybridized carbons (Fsp3) is 0.188. The van der Waals surface area contributed by atoms with Gasteiger partial charge in [0.1, 0.15) is 11.9 Å². The molecule has 2 aromatic carbocycles. The highest BCUT2D eigenvalue weighted by Crippen LogP contribution is 2.30. The van der Waals surface area contributed by atoms with Crippen molar-refractivity contribution in [2.75, 3.05) is 0 Å². The van der Waals surface area contributed by atoms with E-state index < -0.39 is 12.1 Å². The minimum atomic E-state index is -1.10. The Balaban J connectivity index is 2.58. The summed E-state index contributed by atoms with van der Waals surface area (Å²) >= 11 is 0. The van der Waals surface area contributed by atoms with E-state index in [0.29, 0.717) is 22.3 Å². The monoisotopic (exact) mass is 274 g/mol. The highest BCUT2D eigenvalue weighted by atomic mass is 19.1. The highest BCUT2D eigenvalue weighted by Gasteiger charge is 2.21. The molecule has 3 nitrogen and oxygen atoms in total. The van der Waals surface area contributed by atoms with Gasteiger partial charge in [0, 0.05) is 0 Å². The van der Waals surface area contributed by atoms with Gasteiger partial charge in [-0.1, -0.05) is 18.2 Å². The molecule has 2 aromatic rings. The van der Waals surface area contributed by atoms with Crippen LogP contribution in [0.15, 0.2) is 36.4 Å². The Morgan fingerprint density at radius 1 is 1.15 bits per heavy atom. The first-order valence-electron chi connectivity index (χ1n) is 6.18. The lowest BCUT2D eigenvalue weighted by atomic mass is 9.91. The minimum absolute atomic E-state index is 0.0446. The van der Waals surface area contributed by atoms with E-state index >= 15 is 0 Å². The quantitative estimate of drug-likeness (QED) is 0.903. The van der Waals surface area contributed by atoms with Gasteiger partial charge in [-0.2, -0.15) is 0 Å². The first-order valence-corrected chi connectivity index (χ1v) is 6.18. The maximum Gasteiger partial charge on any atom is 0.336 e. The van der Waals surface area contributed by atoms with Crippen molar-refractivity contribution in [1.82, 2.24) is 0 Å². The molecule has 20 heavy (non-hydrogen) atoms. The molecule has 0 heterocycles. The summed E-state index contributed by atoms with van der Waals surface area (Å²) in [5.41, 5.74) is 2.08. The second-order valence-corrected chi connectivity index (χ2v) is 4.75. The van der Waals surface area contributed by atoms with E-state index in [1.54, 1.807) is 32.0 Å². The molecule has 0 saturated carbocycles. The van der Waals surface area contributed by atoms with Crippen molar-refractivity contribution in [2.24, 2.45) is 0 Å². The van der Waals surface area contributed by atoms with Crippen molar-refractivity contribution in [1.29, 1.82) is 0 Å². The minimum Gasteiger partial charge on any atom is -0.478 e. The molecule has 0 aliphatic heterocycles. The van der Waals surface area contributed by atoms with Gasteiger partial charge in [-0.3, -0.25) is 0 Å². The number of aliphatic hydroxyl groups excluding tert-OH is 1. The molecule has 0 amide bonds. The second kappa shape index (κ2) is 5.43. The highest BCUT2D eigenvalue weighted by molar-refractivity contribution is 5.89. The number of hydrogen-bond donors (Lipinski definition) is 2. The van der Waals surface area contributed by atoms with Gasteiger partial charge in [0.15, 0.2) is 0 Å². The van der Waals surface area contributed by atoms with Crippen LogP contribution in [0.25, 0.3) is 0 Å². The molecule has 0 bridgehead atoms. The average molecular weight is 274 g/mol. The van der Waals surface area contributed by atoms with Crippen LogP contribution in [0.1, 0.15) is 38.7 Å². The van der Waals surface area contributed by atoms with Crippen LogP contribution in [0.3, 0.4) is 0 Å². The predicted octanol–water partition coefficient (Wildman–Crippen LogP) is 3.22. The van der Waals surface area contributed by atoms with E-state index in [1.807, 2.05) is 0 Å². The number of aromatic carboxylic acids is 1. The number of benzene rings is 2. The second-order valence-electron chi connectivity index (χ2n) is 4.75. The summed E-state index contributed by atoms with van der Waals surface area (Å²) in [6.45, 7) is 3.38. The van der Waals surface area contributed by atoms with E-state index in [4.69, 9.17) is 0 Å². The fourth-order valence-electron chi connectivity index (χ4n) is 2.44. The molecule has 0 saturated heterocycles. The lowest BCUT2D eigenvalue weighted by Crippen LogP contribution is -2.10. The Morgan fingerprint density at radius 2 is 1.70 bits per heavy atom. The summed E-state index contributed by atoms with van der Waals surface area (Å²) in [6.07, 6.45) is -1.09. The van der Waals surface area contributed by atoms with Crippen LogP contribution < -0.4 is 0 Å². The SMILES string of the molecule is Cc1cc(F)cc(C)c1C(O)c1ccccc1C(=O)O. The van der Waals surface area contributed by atoms with Crippen LogP contribution in [0, 0.1) is 19.7 Å². The van der Waals surface area contributed by atoms with Crippen LogP contribution >= 0.6 is 0 Å². The fourth-order valence-corrected chi connectivity index (χ4v) is 2.44. The third-order valence-corrected chi connectivity index (χ3v) is 3.32. The van der Waals surface area contributed by atoms with Gasteiger partial charge in [-0.15, -0.1) is 0 Å². The summed E-state index contributed by atoms with van der Waals surface area (Å²) in [5, 5.41) is 19.7. The lowest BCUT2D eigenvalue weighted by Gasteiger charge is -2.18. The zero-order chi connectivity index (χ0) is 14.9. The summed E-state index contributed by atoms with van der Waals surface area (Å²) in [6, 6.07) is 8.93. The van der Waals surface area contributed by atoms with Crippen molar-refractivity contribution in [2.45, 2.75) is 20.0 Å². The van der Waals surface area contributed by atoms with Gasteiger partial charge < -0.3 is 10.2 Å². The molecular weight excluding hydrogens is 259 g/mol. The number of carbonyl (C=O) groups is 1. The normalized spacial score (nSPS) is 12.2. The zero-order valence-electron chi connectivity index (χ0n) is 11.2. The molecule has 0 aliphatic rings. The molecule has 0 aliphatic carbocycles. The van der Waals surface area contributed by atoms with Gasteiger partial charge >= 0.3 is 5.97 Å². The van der Waals surface area contributed by atoms with Gasteiger partial charge in [0.25, 0.3) is 0 Å². The predicted molar refractivity (Wildman–Crippen MR) is 73.3 cm³/mol.